The summed E-state index contributed by atoms with van der Waals surface area (Å²) in [6.45, 7) is 3.98. The van der Waals surface area contributed by atoms with Gasteiger partial charge in [0.1, 0.15) is 0 Å². The van der Waals surface area contributed by atoms with Crippen LogP contribution in [0.3, 0.4) is 0 Å². The van der Waals surface area contributed by atoms with Crippen molar-refractivity contribution in [1.29, 1.82) is 0 Å². The Kier molecular flexibility index (Phi) is 5.44. The van der Waals surface area contributed by atoms with Gasteiger partial charge in [0.2, 0.25) is 0 Å². The minimum Gasteiger partial charge on any atom is -0.465 e. The van der Waals surface area contributed by atoms with Gasteiger partial charge in [0.25, 0.3) is 0 Å². The summed E-state index contributed by atoms with van der Waals surface area (Å²) in [4.78, 5) is 24.2. The fraction of sp³-hybridized carbons (Fsp3) is 0.818. The smallest absolute Gasteiger partial charge is 0.323 e. The van der Waals surface area contributed by atoms with Crippen LogP contribution in [0.4, 0.5) is 0 Å². The van der Waals surface area contributed by atoms with Gasteiger partial charge in [-0.2, -0.15) is 0 Å². The minimum absolute atomic E-state index is 0.0660. The van der Waals surface area contributed by atoms with Gasteiger partial charge in [0, 0.05) is 9.65 Å². The van der Waals surface area contributed by atoms with Crippen LogP contribution in [-0.2, 0) is 19.1 Å². The fourth-order valence-electron chi connectivity index (χ4n) is 1.96. The molecule has 17 heavy (non-hydrogen) atoms. The van der Waals surface area contributed by atoms with E-state index in [0.29, 0.717) is 12.8 Å². The molecule has 4 nitrogen and oxygen atoms in total. The van der Waals surface area contributed by atoms with Gasteiger partial charge in [-0.15, -0.1) is 0 Å². The number of carbonyl (C=O) groups is 2. The molecule has 6 heteroatoms. The van der Waals surface area contributed by atoms with Gasteiger partial charge < -0.3 is 9.47 Å². The Bertz CT molecular complexity index is 276. The lowest BCUT2D eigenvalue weighted by Crippen LogP contribution is -2.40. The number of ether oxygens (including phenoxy) is 2. The highest BCUT2D eigenvalue weighted by atomic mass is 79.9. The van der Waals surface area contributed by atoms with Crippen molar-refractivity contribution in [3.63, 3.8) is 0 Å². The van der Waals surface area contributed by atoms with E-state index in [1.54, 1.807) is 13.8 Å². The Balaban J connectivity index is 2.94. The Morgan fingerprint density at radius 3 is 1.71 bits per heavy atom. The van der Waals surface area contributed by atoms with Crippen molar-refractivity contribution in [2.75, 3.05) is 13.2 Å². The van der Waals surface area contributed by atoms with Gasteiger partial charge in [-0.3, -0.25) is 9.59 Å². The first kappa shape index (κ1) is 15.0. The molecule has 1 fully saturated rings. The van der Waals surface area contributed by atoms with Crippen LogP contribution in [0.1, 0.15) is 26.7 Å². The molecule has 1 rings (SSSR count). The van der Waals surface area contributed by atoms with Gasteiger partial charge in [0.15, 0.2) is 5.41 Å². The van der Waals surface area contributed by atoms with Gasteiger partial charge in [-0.05, 0) is 26.7 Å². The third kappa shape index (κ3) is 3.02. The summed E-state index contributed by atoms with van der Waals surface area (Å²) in [5.74, 6) is -0.963. The molecule has 1 aliphatic rings. The van der Waals surface area contributed by atoms with Crippen LogP contribution in [0.5, 0.6) is 0 Å². The summed E-state index contributed by atoms with van der Waals surface area (Å²) in [5.41, 5.74) is -1.16. The lowest BCUT2D eigenvalue weighted by Gasteiger charge is -2.24. The van der Waals surface area contributed by atoms with Crippen LogP contribution < -0.4 is 0 Å². The summed E-state index contributed by atoms with van der Waals surface area (Å²) in [6.07, 6.45) is 0.807. The number of carbonyl (C=O) groups excluding carboxylic acids is 2. The van der Waals surface area contributed by atoms with Crippen molar-refractivity contribution in [1.82, 2.24) is 0 Å². The third-order valence-electron chi connectivity index (χ3n) is 2.81. The first-order valence-electron chi connectivity index (χ1n) is 5.60. The van der Waals surface area contributed by atoms with E-state index in [0.717, 1.165) is 0 Å². The van der Waals surface area contributed by atoms with Crippen LogP contribution >= 0.6 is 31.9 Å². The van der Waals surface area contributed by atoms with E-state index in [4.69, 9.17) is 9.47 Å². The van der Waals surface area contributed by atoms with E-state index < -0.39 is 17.4 Å². The lowest BCUT2D eigenvalue weighted by molar-refractivity contribution is -0.171. The lowest BCUT2D eigenvalue weighted by atomic mass is 9.86. The molecule has 2 atom stereocenters. The van der Waals surface area contributed by atoms with Crippen molar-refractivity contribution in [2.45, 2.75) is 36.3 Å². The first-order chi connectivity index (χ1) is 7.97. The zero-order valence-corrected chi connectivity index (χ0v) is 13.0. The number of alkyl halides is 2. The number of esters is 2. The monoisotopic (exact) mass is 370 g/mol. The van der Waals surface area contributed by atoms with E-state index in [2.05, 4.69) is 31.9 Å². The zero-order chi connectivity index (χ0) is 13.1. The molecule has 98 valence electrons. The molecule has 0 aromatic rings. The Labute approximate surface area is 118 Å². The Hall–Kier alpha value is -0.100. The molecule has 0 amide bonds. The van der Waals surface area contributed by atoms with Gasteiger partial charge in [-0.25, -0.2) is 0 Å². The quantitative estimate of drug-likeness (QED) is 0.432. The molecule has 0 radical (unpaired) electrons. The molecular formula is C11H16Br2O4. The fourth-order valence-corrected chi connectivity index (χ4v) is 3.44. The molecule has 0 aliphatic heterocycles. The average molecular weight is 372 g/mol. The molecule has 0 aromatic carbocycles. The molecule has 0 unspecified atom stereocenters. The molecule has 0 aromatic heterocycles. The topological polar surface area (TPSA) is 52.6 Å². The van der Waals surface area contributed by atoms with Gasteiger partial charge in [-0.1, -0.05) is 31.9 Å². The SMILES string of the molecule is CCOC(=O)C1(C(=O)OCC)C[C@H](Br)[C@@H](Br)C1. The highest BCUT2D eigenvalue weighted by Gasteiger charge is 2.56. The summed E-state index contributed by atoms with van der Waals surface area (Å²) < 4.78 is 10.0. The molecule has 0 spiro atoms. The van der Waals surface area contributed by atoms with Crippen molar-refractivity contribution >= 4 is 43.8 Å². The maximum absolute atomic E-state index is 12.0. The van der Waals surface area contributed by atoms with E-state index in [1.165, 1.54) is 0 Å². The normalized spacial score (nSPS) is 26.6. The molecule has 0 bridgehead atoms. The minimum atomic E-state index is -1.16. The summed E-state index contributed by atoms with van der Waals surface area (Å²) in [6, 6.07) is 0. The Morgan fingerprint density at radius 1 is 1.06 bits per heavy atom. The van der Waals surface area contributed by atoms with Crippen molar-refractivity contribution in [3.05, 3.63) is 0 Å². The Morgan fingerprint density at radius 2 is 1.41 bits per heavy atom. The predicted octanol–water partition coefficient (Wildman–Crippen LogP) is 2.42. The van der Waals surface area contributed by atoms with Gasteiger partial charge >= 0.3 is 11.9 Å². The molecule has 1 saturated carbocycles. The van der Waals surface area contributed by atoms with Crippen LogP contribution in [0.15, 0.2) is 0 Å². The molecule has 0 heterocycles. The largest absolute Gasteiger partial charge is 0.465 e. The van der Waals surface area contributed by atoms with Crippen LogP contribution in [0.2, 0.25) is 0 Å². The van der Waals surface area contributed by atoms with Crippen LogP contribution in [0, 0.1) is 5.41 Å². The zero-order valence-electron chi connectivity index (χ0n) is 9.87. The summed E-state index contributed by atoms with van der Waals surface area (Å²) in [7, 11) is 0. The van der Waals surface area contributed by atoms with Crippen molar-refractivity contribution < 1.29 is 19.1 Å². The first-order valence-corrected chi connectivity index (χ1v) is 7.43. The number of hydrogen-bond donors (Lipinski definition) is 0. The molecule has 1 aliphatic carbocycles. The average Bonchev–Trinajstić information content (AvgIpc) is 2.57. The third-order valence-corrected chi connectivity index (χ3v) is 5.44. The molecular weight excluding hydrogens is 356 g/mol. The predicted molar refractivity (Wildman–Crippen MR) is 70.4 cm³/mol. The molecule has 0 N–H and O–H groups in total. The summed E-state index contributed by atoms with van der Waals surface area (Å²) >= 11 is 6.91. The van der Waals surface area contributed by atoms with E-state index >= 15 is 0 Å². The highest BCUT2D eigenvalue weighted by Crippen LogP contribution is 2.46. The second kappa shape index (κ2) is 6.18. The molecule has 0 saturated heterocycles. The van der Waals surface area contributed by atoms with Gasteiger partial charge in [0.05, 0.1) is 13.2 Å². The van der Waals surface area contributed by atoms with E-state index in [1.807, 2.05) is 0 Å². The van der Waals surface area contributed by atoms with E-state index in [-0.39, 0.29) is 22.9 Å². The number of rotatable bonds is 4. The van der Waals surface area contributed by atoms with Crippen molar-refractivity contribution in [2.24, 2.45) is 5.41 Å². The maximum Gasteiger partial charge on any atom is 0.323 e. The van der Waals surface area contributed by atoms with Crippen LogP contribution in [-0.4, -0.2) is 34.8 Å². The highest BCUT2D eigenvalue weighted by molar-refractivity contribution is 9.12. The second-order valence-electron chi connectivity index (χ2n) is 3.96. The number of halogens is 2. The maximum atomic E-state index is 12.0. The summed E-state index contributed by atoms with van der Waals surface area (Å²) in [5, 5.41) is 0. The number of hydrogen-bond acceptors (Lipinski definition) is 4. The van der Waals surface area contributed by atoms with Crippen molar-refractivity contribution in [3.8, 4) is 0 Å². The van der Waals surface area contributed by atoms with E-state index in [9.17, 15) is 9.59 Å². The van der Waals surface area contributed by atoms with Crippen LogP contribution in [0.25, 0.3) is 0 Å². The standard InChI is InChI=1S/C11H16Br2O4/c1-3-16-9(14)11(10(15)17-4-2)5-7(12)8(13)6-11/h7-8H,3-6H2,1-2H3/t7-,8-/m0/s1. The second-order valence-corrected chi connectivity index (χ2v) is 6.32.